The van der Waals surface area contributed by atoms with Gasteiger partial charge in [-0.25, -0.2) is 0 Å². The highest BCUT2D eigenvalue weighted by molar-refractivity contribution is 5.47. The summed E-state index contributed by atoms with van der Waals surface area (Å²) in [5.74, 6) is 0.865. The lowest BCUT2D eigenvalue weighted by molar-refractivity contribution is 0.150. The summed E-state index contributed by atoms with van der Waals surface area (Å²) < 4.78 is 0. The second-order valence-corrected chi connectivity index (χ2v) is 7.08. The normalized spacial score (nSPS) is 25.8. The first-order valence-corrected chi connectivity index (χ1v) is 8.55. The van der Waals surface area contributed by atoms with Crippen molar-refractivity contribution in [3.8, 4) is 0 Å². The van der Waals surface area contributed by atoms with Gasteiger partial charge in [0, 0.05) is 30.7 Å². The van der Waals surface area contributed by atoms with Crippen molar-refractivity contribution in [1.29, 1.82) is 0 Å². The zero-order valence-corrected chi connectivity index (χ0v) is 14.3. The van der Waals surface area contributed by atoms with E-state index in [0.29, 0.717) is 5.41 Å². The minimum Gasteiger partial charge on any atom is -0.371 e. The van der Waals surface area contributed by atoms with Gasteiger partial charge in [0.1, 0.15) is 0 Å². The topological polar surface area (TPSA) is 15.3 Å². The Morgan fingerprint density at radius 2 is 2.00 bits per heavy atom. The summed E-state index contributed by atoms with van der Waals surface area (Å²) in [5.41, 5.74) is 3.15. The maximum absolute atomic E-state index is 3.46. The van der Waals surface area contributed by atoms with Crippen LogP contribution in [-0.4, -0.2) is 26.7 Å². The van der Waals surface area contributed by atoms with Crippen LogP contribution in [0.2, 0.25) is 0 Å². The number of rotatable bonds is 6. The van der Waals surface area contributed by atoms with Crippen molar-refractivity contribution in [3.05, 3.63) is 29.8 Å². The van der Waals surface area contributed by atoms with Crippen LogP contribution >= 0.6 is 0 Å². The summed E-state index contributed by atoms with van der Waals surface area (Å²) in [5, 5.41) is 3.46. The second-order valence-electron chi connectivity index (χ2n) is 7.08. The molecule has 0 amide bonds. The molecule has 21 heavy (non-hydrogen) atoms. The van der Waals surface area contributed by atoms with Gasteiger partial charge in [0.25, 0.3) is 0 Å². The van der Waals surface area contributed by atoms with Crippen molar-refractivity contribution >= 4 is 5.69 Å². The van der Waals surface area contributed by atoms with Gasteiger partial charge < -0.3 is 10.2 Å². The molecule has 1 fully saturated rings. The molecule has 1 aromatic carbocycles. The summed E-state index contributed by atoms with van der Waals surface area (Å²) in [6.45, 7) is 10.3. The molecule has 2 nitrogen and oxygen atoms in total. The van der Waals surface area contributed by atoms with Crippen LogP contribution in [0.3, 0.4) is 0 Å². The van der Waals surface area contributed by atoms with E-state index in [1.54, 1.807) is 0 Å². The monoisotopic (exact) mass is 288 g/mol. The van der Waals surface area contributed by atoms with E-state index in [0.717, 1.165) is 19.0 Å². The Labute approximate surface area is 130 Å². The van der Waals surface area contributed by atoms with Crippen molar-refractivity contribution < 1.29 is 0 Å². The second kappa shape index (κ2) is 7.31. The van der Waals surface area contributed by atoms with Gasteiger partial charge in [-0.15, -0.1) is 0 Å². The number of nitrogens with zero attached hydrogens (tertiary/aromatic N) is 1. The molecule has 2 rings (SSSR count). The quantitative estimate of drug-likeness (QED) is 0.842. The molecule has 2 atom stereocenters. The maximum atomic E-state index is 3.46. The fraction of sp³-hybridized carbons (Fsp3) is 0.684. The Bertz CT molecular complexity index is 422. The van der Waals surface area contributed by atoms with Gasteiger partial charge >= 0.3 is 0 Å². The van der Waals surface area contributed by atoms with Gasteiger partial charge in [-0.2, -0.15) is 0 Å². The number of aryl methyl sites for hydroxylation is 1. The van der Waals surface area contributed by atoms with Gasteiger partial charge in [-0.3, -0.25) is 0 Å². The van der Waals surface area contributed by atoms with Gasteiger partial charge in [-0.1, -0.05) is 37.5 Å². The summed E-state index contributed by atoms with van der Waals surface area (Å²) in [4.78, 5) is 2.56. The average molecular weight is 288 g/mol. The minimum absolute atomic E-state index is 0.438. The Hall–Kier alpha value is -1.02. The molecule has 0 radical (unpaired) electrons. The van der Waals surface area contributed by atoms with E-state index >= 15 is 0 Å². The highest BCUT2D eigenvalue weighted by Crippen LogP contribution is 2.40. The van der Waals surface area contributed by atoms with Crippen LogP contribution in [0.4, 0.5) is 5.69 Å². The van der Waals surface area contributed by atoms with Crippen LogP contribution in [0, 0.1) is 18.3 Å². The molecule has 0 heterocycles. The smallest absolute Gasteiger partial charge is 0.0366 e. The average Bonchev–Trinajstić information content (AvgIpc) is 2.46. The lowest BCUT2D eigenvalue weighted by atomic mass is 9.69. The predicted molar refractivity (Wildman–Crippen MR) is 93.1 cm³/mol. The lowest BCUT2D eigenvalue weighted by Crippen LogP contribution is -2.46. The molecule has 2 heteroatoms. The minimum atomic E-state index is 0.438. The lowest BCUT2D eigenvalue weighted by Gasteiger charge is -2.44. The Morgan fingerprint density at radius 3 is 2.57 bits per heavy atom. The predicted octanol–water partition coefficient (Wildman–Crippen LogP) is 4.24. The molecule has 0 bridgehead atoms. The van der Waals surface area contributed by atoms with Crippen LogP contribution in [-0.2, 0) is 0 Å². The van der Waals surface area contributed by atoms with Crippen LogP contribution in [0.25, 0.3) is 0 Å². The molecule has 2 unspecified atom stereocenters. The van der Waals surface area contributed by atoms with E-state index in [4.69, 9.17) is 0 Å². The van der Waals surface area contributed by atoms with E-state index in [1.807, 2.05) is 0 Å². The van der Waals surface area contributed by atoms with Gasteiger partial charge in [0.05, 0.1) is 0 Å². The van der Waals surface area contributed by atoms with Crippen molar-refractivity contribution in [2.24, 2.45) is 11.3 Å². The molecule has 1 aromatic rings. The molecular formula is C19H32N2. The van der Waals surface area contributed by atoms with Crippen molar-refractivity contribution in [2.45, 2.75) is 46.5 Å². The Morgan fingerprint density at radius 1 is 1.29 bits per heavy atom. The van der Waals surface area contributed by atoms with Crippen molar-refractivity contribution in [1.82, 2.24) is 5.32 Å². The third-order valence-corrected chi connectivity index (χ3v) is 5.04. The Balaban J connectivity index is 2.15. The third-order valence-electron chi connectivity index (χ3n) is 5.04. The van der Waals surface area contributed by atoms with Crippen LogP contribution in [0.1, 0.15) is 45.1 Å². The molecule has 0 saturated heterocycles. The molecule has 1 aliphatic rings. The molecule has 0 aliphatic heterocycles. The Kier molecular flexibility index (Phi) is 5.69. The highest BCUT2D eigenvalue weighted by Gasteiger charge is 2.35. The van der Waals surface area contributed by atoms with E-state index in [2.05, 4.69) is 62.3 Å². The van der Waals surface area contributed by atoms with E-state index in [1.165, 1.54) is 43.5 Å². The summed E-state index contributed by atoms with van der Waals surface area (Å²) in [6.07, 6.45) is 5.51. The SMILES string of the molecule is CCN(CC1(CNC)CCCC(C)C1)c1ccc(C)cc1. The van der Waals surface area contributed by atoms with Crippen molar-refractivity contribution in [2.75, 3.05) is 31.6 Å². The number of benzene rings is 1. The first kappa shape index (κ1) is 16.4. The molecule has 1 saturated carbocycles. The summed E-state index contributed by atoms with van der Waals surface area (Å²) in [6, 6.07) is 9.01. The zero-order valence-electron chi connectivity index (χ0n) is 14.3. The van der Waals surface area contributed by atoms with Gasteiger partial charge in [-0.05, 0) is 51.8 Å². The van der Waals surface area contributed by atoms with E-state index in [-0.39, 0.29) is 0 Å². The fourth-order valence-corrected chi connectivity index (χ4v) is 4.05. The third kappa shape index (κ3) is 4.23. The molecule has 1 N–H and O–H groups in total. The highest BCUT2D eigenvalue weighted by atomic mass is 15.1. The fourth-order valence-electron chi connectivity index (χ4n) is 4.05. The largest absolute Gasteiger partial charge is 0.371 e. The van der Waals surface area contributed by atoms with E-state index in [9.17, 15) is 0 Å². The molecule has 118 valence electrons. The molecule has 0 spiro atoms. The standard InChI is InChI=1S/C19H32N2/c1-5-21(18-10-8-16(2)9-11-18)15-19(14-20-4)12-6-7-17(3)13-19/h8-11,17,20H,5-7,12-15H2,1-4H3. The summed E-state index contributed by atoms with van der Waals surface area (Å²) >= 11 is 0. The van der Waals surface area contributed by atoms with Crippen molar-refractivity contribution in [3.63, 3.8) is 0 Å². The number of nitrogens with one attached hydrogen (secondary N) is 1. The van der Waals surface area contributed by atoms with Gasteiger partial charge in [0.15, 0.2) is 0 Å². The molecular weight excluding hydrogens is 256 g/mol. The number of hydrogen-bond donors (Lipinski definition) is 1. The van der Waals surface area contributed by atoms with Gasteiger partial charge in [0.2, 0.25) is 0 Å². The van der Waals surface area contributed by atoms with Crippen LogP contribution in [0.15, 0.2) is 24.3 Å². The zero-order chi connectivity index (χ0) is 15.3. The first-order valence-electron chi connectivity index (χ1n) is 8.55. The molecule has 0 aromatic heterocycles. The van der Waals surface area contributed by atoms with E-state index < -0.39 is 0 Å². The summed E-state index contributed by atoms with van der Waals surface area (Å²) in [7, 11) is 2.10. The van der Waals surface area contributed by atoms with Crippen LogP contribution < -0.4 is 10.2 Å². The van der Waals surface area contributed by atoms with Crippen LogP contribution in [0.5, 0.6) is 0 Å². The number of anilines is 1. The first-order chi connectivity index (χ1) is 10.1. The number of hydrogen-bond acceptors (Lipinski definition) is 2. The maximum Gasteiger partial charge on any atom is 0.0366 e. The molecule has 1 aliphatic carbocycles.